The summed E-state index contributed by atoms with van der Waals surface area (Å²) >= 11 is 0. The van der Waals surface area contributed by atoms with Crippen LogP contribution in [0.25, 0.3) is 21.5 Å². The van der Waals surface area contributed by atoms with Crippen molar-refractivity contribution < 1.29 is 125 Å². The molecule has 0 spiro atoms. The molecule has 7 aromatic rings. The van der Waals surface area contributed by atoms with Gasteiger partial charge in [-0.05, 0) is 81.9 Å². The third kappa shape index (κ3) is 24.6. The molecule has 1 heterocycles. The van der Waals surface area contributed by atoms with Crippen molar-refractivity contribution in [1.82, 2.24) is 4.98 Å². The Labute approximate surface area is 451 Å². The molecule has 2 radical (unpaired) electrons. The molecule has 7 rings (SSSR count). The Morgan fingerprint density at radius 1 is 0.529 bits per heavy atom. The monoisotopic (exact) mass is 1240 g/mol. The van der Waals surface area contributed by atoms with Crippen LogP contribution >= 0.6 is 0 Å². The van der Waals surface area contributed by atoms with Gasteiger partial charge in [-0.25, -0.2) is 0 Å². The van der Waals surface area contributed by atoms with E-state index in [0.717, 1.165) is 21.5 Å². The van der Waals surface area contributed by atoms with Gasteiger partial charge in [-0.1, -0.05) is 126 Å². The van der Waals surface area contributed by atoms with Crippen LogP contribution in [0, 0.1) is 105 Å². The molecule has 0 fully saturated rings. The van der Waals surface area contributed by atoms with Crippen molar-refractivity contribution in [3.63, 3.8) is 0 Å². The summed E-state index contributed by atoms with van der Waals surface area (Å²) in [6, 6.07) is 37.9. The van der Waals surface area contributed by atoms with E-state index in [0.29, 0.717) is 33.8 Å². The van der Waals surface area contributed by atoms with Crippen molar-refractivity contribution in [1.29, 1.82) is 0 Å². The average Bonchev–Trinajstić information content (AvgIpc) is 3.30. The maximum atomic E-state index is 12.1. The molecule has 1 aromatic heterocycles. The van der Waals surface area contributed by atoms with Crippen molar-refractivity contribution >= 4 is 34.0 Å². The summed E-state index contributed by atoms with van der Waals surface area (Å²) in [5, 5.41) is 96.6. The minimum Gasteiger partial charge on any atom is -0.872 e. The van der Waals surface area contributed by atoms with Crippen LogP contribution in [0.5, 0.6) is 34.5 Å². The second-order valence-electron chi connectivity index (χ2n) is 12.3. The summed E-state index contributed by atoms with van der Waals surface area (Å²) < 4.78 is 10.0. The molecule has 0 amide bonds. The third-order valence-corrected chi connectivity index (χ3v) is 7.95. The number of pyridine rings is 1. The smallest absolute Gasteiger partial charge is 0.872 e. The van der Waals surface area contributed by atoms with Gasteiger partial charge in [0.15, 0.2) is 0 Å². The fourth-order valence-corrected chi connectivity index (χ4v) is 5.29. The Hall–Kier alpha value is -6.06. The molecule has 0 saturated carbocycles. The zero-order valence-electron chi connectivity index (χ0n) is 36.9. The first-order valence-corrected chi connectivity index (χ1v) is 19.4. The molecule has 0 aliphatic carbocycles. The molecule has 6 aromatic carbocycles. The Morgan fingerprint density at radius 2 is 0.868 bits per heavy atom. The van der Waals surface area contributed by atoms with E-state index in [9.17, 15) is 20.4 Å². The molecule has 0 atom stereocenters. The van der Waals surface area contributed by atoms with Gasteiger partial charge in [0.25, 0.3) is 0 Å². The standard InChI is InChI=1S/2C19H17NO3.C5H5N.2C2H6O.2Er.2NO3/c2*1-23-18-8-4-6-14(19(18)22)11-20-12-16-15-7-3-2-5-13(15)9-10-17(16)21;1-2-4-6-5-3-1;2*1-2-3;;;2*2-1(3)4/h2*2-10,12,21-22H,11H2,1H3;1-5H;2*3H,2H2,1H3;;;;/q;;;;;2*+3;2*-1/p-4. The van der Waals surface area contributed by atoms with Crippen LogP contribution in [0.3, 0.4) is 0 Å². The van der Waals surface area contributed by atoms with E-state index >= 15 is 0 Å². The number of aromatic nitrogens is 1. The van der Waals surface area contributed by atoms with Crippen molar-refractivity contribution in [3.05, 3.63) is 193 Å². The van der Waals surface area contributed by atoms with Gasteiger partial charge >= 0.3 is 74.6 Å². The van der Waals surface area contributed by atoms with Gasteiger partial charge in [0.2, 0.25) is 0 Å². The minimum absolute atomic E-state index is 0. The van der Waals surface area contributed by atoms with Crippen LogP contribution < -0.4 is 29.9 Å². The fourth-order valence-electron chi connectivity index (χ4n) is 5.29. The minimum atomic E-state index is -1.75. The maximum Gasteiger partial charge on any atom is 3.00 e. The van der Waals surface area contributed by atoms with Gasteiger partial charge in [-0.2, -0.15) is 0 Å². The number of aliphatic hydroxyl groups excluding tert-OH is 2. The van der Waals surface area contributed by atoms with Gasteiger partial charge < -0.3 is 70.8 Å². The number of rotatable bonds is 8. The van der Waals surface area contributed by atoms with Crippen LogP contribution in [0.1, 0.15) is 36.1 Å². The first kappa shape index (κ1) is 64.0. The van der Waals surface area contributed by atoms with Gasteiger partial charge in [0, 0.05) is 38.0 Å². The van der Waals surface area contributed by atoms with Crippen LogP contribution in [-0.4, -0.2) is 65.2 Å². The van der Waals surface area contributed by atoms with Gasteiger partial charge in [-0.3, -0.25) is 15.0 Å². The molecule has 21 heteroatoms. The van der Waals surface area contributed by atoms with Crippen molar-refractivity contribution in [2.45, 2.75) is 26.9 Å². The van der Waals surface area contributed by atoms with Crippen LogP contribution in [-0.2, 0) is 13.1 Å². The number of benzene rings is 6. The van der Waals surface area contributed by atoms with Gasteiger partial charge in [0.05, 0.1) is 37.5 Å². The molecule has 2 N–H and O–H groups in total. The number of hydrogen-bond acceptors (Lipinski definition) is 17. The molecule has 68 heavy (non-hydrogen) atoms. The van der Waals surface area contributed by atoms with E-state index in [1.807, 2.05) is 66.7 Å². The van der Waals surface area contributed by atoms with Crippen LogP contribution in [0.15, 0.2) is 150 Å². The largest absolute Gasteiger partial charge is 3.00 e. The molecule has 368 valence electrons. The van der Waals surface area contributed by atoms with Gasteiger partial charge in [0.1, 0.15) is 11.5 Å². The molecular formula is C47H47Er2N5O14. The van der Waals surface area contributed by atoms with Crippen LogP contribution in [0.4, 0.5) is 0 Å². The molecule has 0 aliphatic rings. The SMILES string of the molecule is CCO.CCO.COc1cccc(CN=Cc2c([O-])ccc3ccccc23)c1[O-].COc1cccc(CN=Cc2c([O-])ccc3ccccc23)c1[O-].O=[N+]([O-])[O-].O=[N+]([O-])[O-].[Er+3].[Er+3].c1ccncc1. The summed E-state index contributed by atoms with van der Waals surface area (Å²) in [5.41, 5.74) is 2.15. The number of fused-ring (bicyclic) bond motifs is 2. The zero-order valence-corrected chi connectivity index (χ0v) is 40.6. The quantitative estimate of drug-likeness (QED) is 0.103. The molecule has 0 bridgehead atoms. The third-order valence-electron chi connectivity index (χ3n) is 7.95. The number of hydrogen-bond donors (Lipinski definition) is 2. The second kappa shape index (κ2) is 38.0. The maximum absolute atomic E-state index is 12.1. The van der Waals surface area contributed by atoms with Crippen molar-refractivity contribution in [2.75, 3.05) is 27.4 Å². The number of aliphatic imine (C=N–C) groups is 2. The topological polar surface area (TPSA) is 321 Å². The molecule has 19 nitrogen and oxygen atoms in total. The molecule has 0 aliphatic heterocycles. The summed E-state index contributed by atoms with van der Waals surface area (Å²) in [6.07, 6.45) is 6.59. The predicted octanol–water partition coefficient (Wildman–Crippen LogP) is 5.83. The van der Waals surface area contributed by atoms with Crippen molar-refractivity contribution in [2.24, 2.45) is 9.98 Å². The second-order valence-corrected chi connectivity index (χ2v) is 12.3. The fraction of sp³-hybridized carbons (Fsp3) is 0.170. The van der Waals surface area contributed by atoms with E-state index in [4.69, 9.17) is 50.3 Å². The Balaban J connectivity index is 0. The number of nitrogens with zero attached hydrogens (tertiary/aromatic N) is 5. The molecule has 0 saturated heterocycles. The van der Waals surface area contributed by atoms with E-state index in [-0.39, 0.29) is 124 Å². The van der Waals surface area contributed by atoms with E-state index in [2.05, 4.69) is 15.0 Å². The van der Waals surface area contributed by atoms with E-state index in [1.165, 1.54) is 26.4 Å². The van der Waals surface area contributed by atoms with Gasteiger partial charge in [-0.15, -0.1) is 0 Å². The van der Waals surface area contributed by atoms with Crippen LogP contribution in [0.2, 0.25) is 0 Å². The summed E-state index contributed by atoms with van der Waals surface area (Å²) in [5.74, 6) is 0.0838. The first-order valence-electron chi connectivity index (χ1n) is 19.4. The predicted molar refractivity (Wildman–Crippen MR) is 245 cm³/mol. The average molecular weight is 1240 g/mol. The van der Waals surface area contributed by atoms with Crippen molar-refractivity contribution in [3.8, 4) is 34.5 Å². The molecule has 0 unspecified atom stereocenters. The summed E-state index contributed by atoms with van der Waals surface area (Å²) in [7, 11) is 2.92. The Kier molecular flexibility index (Phi) is 35.8. The van der Waals surface area contributed by atoms with E-state index < -0.39 is 10.2 Å². The van der Waals surface area contributed by atoms with E-state index in [1.54, 1.807) is 87.2 Å². The number of para-hydroxylation sites is 2. The normalized spacial score (nSPS) is 9.50. The number of methoxy groups -OCH3 is 2. The summed E-state index contributed by atoms with van der Waals surface area (Å²) in [4.78, 5) is 28.8. The molecular weight excluding hydrogens is 1190 g/mol. The Bertz CT molecular complexity index is 2380. The number of ether oxygens (including phenoxy) is 2. The Morgan fingerprint density at radius 3 is 1.16 bits per heavy atom. The number of aliphatic hydroxyl groups is 2. The zero-order chi connectivity index (χ0) is 49.3. The summed E-state index contributed by atoms with van der Waals surface area (Å²) in [6.45, 7) is 4.28. The first-order chi connectivity index (χ1) is 31.7.